The lowest BCUT2D eigenvalue weighted by molar-refractivity contribution is -0.140. The van der Waals surface area contributed by atoms with Crippen molar-refractivity contribution in [2.24, 2.45) is 0 Å². The minimum Gasteiger partial charge on any atom is -0.341 e. The Morgan fingerprint density at radius 2 is 1.71 bits per heavy atom. The standard InChI is InChI=1S/C17H31N3O/c1-17(9-3-4-10-18-17)16(21)20-13-7-15(8-14-20)19-11-5-2-6-12-19/h15,18H,2-14H2,1H3. The van der Waals surface area contributed by atoms with Crippen molar-refractivity contribution in [3.63, 3.8) is 0 Å². The first-order chi connectivity index (χ1) is 10.2. The number of piperidine rings is 3. The number of amides is 1. The molecule has 21 heavy (non-hydrogen) atoms. The summed E-state index contributed by atoms with van der Waals surface area (Å²) in [5, 5.41) is 3.47. The summed E-state index contributed by atoms with van der Waals surface area (Å²) >= 11 is 0. The van der Waals surface area contributed by atoms with Gasteiger partial charge in [0.25, 0.3) is 0 Å². The number of nitrogens with zero attached hydrogens (tertiary/aromatic N) is 2. The molecule has 0 aromatic heterocycles. The Labute approximate surface area is 129 Å². The molecule has 0 spiro atoms. The van der Waals surface area contributed by atoms with Crippen LogP contribution in [0.2, 0.25) is 0 Å². The molecule has 0 aliphatic carbocycles. The van der Waals surface area contributed by atoms with Crippen molar-refractivity contribution >= 4 is 5.91 Å². The third-order valence-corrected chi connectivity index (χ3v) is 5.75. The third-order valence-electron chi connectivity index (χ3n) is 5.75. The molecule has 4 heteroatoms. The van der Waals surface area contributed by atoms with Gasteiger partial charge in [0.15, 0.2) is 0 Å². The normalized spacial score (nSPS) is 33.1. The van der Waals surface area contributed by atoms with Crippen LogP contribution in [0.15, 0.2) is 0 Å². The molecule has 4 nitrogen and oxygen atoms in total. The number of hydrogen-bond acceptors (Lipinski definition) is 3. The van der Waals surface area contributed by atoms with Crippen LogP contribution in [0.25, 0.3) is 0 Å². The highest BCUT2D eigenvalue weighted by Crippen LogP contribution is 2.25. The van der Waals surface area contributed by atoms with Crippen LogP contribution < -0.4 is 5.32 Å². The fraction of sp³-hybridized carbons (Fsp3) is 0.941. The fourth-order valence-corrected chi connectivity index (χ4v) is 4.31. The van der Waals surface area contributed by atoms with Gasteiger partial charge in [-0.15, -0.1) is 0 Å². The highest BCUT2D eigenvalue weighted by molar-refractivity contribution is 5.86. The van der Waals surface area contributed by atoms with E-state index < -0.39 is 0 Å². The van der Waals surface area contributed by atoms with Crippen LogP contribution in [0.1, 0.15) is 58.3 Å². The molecule has 1 N–H and O–H groups in total. The second-order valence-electron chi connectivity index (χ2n) is 7.34. The van der Waals surface area contributed by atoms with Gasteiger partial charge in [0.05, 0.1) is 5.54 Å². The molecule has 3 aliphatic heterocycles. The van der Waals surface area contributed by atoms with Gasteiger partial charge >= 0.3 is 0 Å². The molecule has 120 valence electrons. The molecule has 3 fully saturated rings. The van der Waals surface area contributed by atoms with Gasteiger partial charge in [-0.05, 0) is 71.5 Å². The SMILES string of the molecule is CC1(C(=O)N2CCC(N3CCCCC3)CC2)CCCCN1. The Hall–Kier alpha value is -0.610. The molecule has 3 heterocycles. The summed E-state index contributed by atoms with van der Waals surface area (Å²) in [6.07, 6.45) is 9.85. The average molecular weight is 293 g/mol. The van der Waals surface area contributed by atoms with Crippen molar-refractivity contribution in [3.8, 4) is 0 Å². The van der Waals surface area contributed by atoms with E-state index in [1.807, 2.05) is 0 Å². The number of carbonyl (C=O) groups excluding carboxylic acids is 1. The highest BCUT2D eigenvalue weighted by Gasteiger charge is 2.39. The Morgan fingerprint density at radius 3 is 2.33 bits per heavy atom. The first-order valence-electron chi connectivity index (χ1n) is 8.97. The quantitative estimate of drug-likeness (QED) is 0.846. The first-order valence-corrected chi connectivity index (χ1v) is 8.97. The predicted molar refractivity (Wildman–Crippen MR) is 85.3 cm³/mol. The molecular weight excluding hydrogens is 262 g/mol. The van der Waals surface area contributed by atoms with E-state index in [1.165, 1.54) is 58.0 Å². The van der Waals surface area contributed by atoms with Crippen LogP contribution >= 0.6 is 0 Å². The van der Waals surface area contributed by atoms with Crippen molar-refractivity contribution < 1.29 is 4.79 Å². The van der Waals surface area contributed by atoms with Crippen molar-refractivity contribution in [2.75, 3.05) is 32.7 Å². The molecule has 0 bridgehead atoms. The van der Waals surface area contributed by atoms with Gasteiger partial charge in [-0.25, -0.2) is 0 Å². The second-order valence-corrected chi connectivity index (χ2v) is 7.34. The molecule has 1 unspecified atom stereocenters. The lowest BCUT2D eigenvalue weighted by Crippen LogP contribution is -2.60. The second kappa shape index (κ2) is 6.66. The van der Waals surface area contributed by atoms with Crippen LogP contribution in [-0.2, 0) is 4.79 Å². The smallest absolute Gasteiger partial charge is 0.242 e. The van der Waals surface area contributed by atoms with Gasteiger partial charge < -0.3 is 15.1 Å². The van der Waals surface area contributed by atoms with Gasteiger partial charge in [-0.1, -0.05) is 6.42 Å². The Kier molecular flexibility index (Phi) is 4.85. The zero-order chi connectivity index (χ0) is 14.7. The van der Waals surface area contributed by atoms with Gasteiger partial charge in [-0.3, -0.25) is 4.79 Å². The number of rotatable bonds is 2. The van der Waals surface area contributed by atoms with Gasteiger partial charge in [0, 0.05) is 19.1 Å². The van der Waals surface area contributed by atoms with E-state index in [1.54, 1.807) is 0 Å². The molecule has 0 saturated carbocycles. The molecule has 0 radical (unpaired) electrons. The van der Waals surface area contributed by atoms with Crippen molar-refractivity contribution in [1.29, 1.82) is 0 Å². The minimum atomic E-state index is -0.295. The van der Waals surface area contributed by atoms with Gasteiger partial charge in [0.2, 0.25) is 5.91 Å². The van der Waals surface area contributed by atoms with Crippen LogP contribution in [0.4, 0.5) is 0 Å². The summed E-state index contributed by atoms with van der Waals surface area (Å²) in [5.74, 6) is 0.347. The Morgan fingerprint density at radius 1 is 1.00 bits per heavy atom. The lowest BCUT2D eigenvalue weighted by atomic mass is 9.88. The highest BCUT2D eigenvalue weighted by atomic mass is 16.2. The maximum atomic E-state index is 12.8. The van der Waals surface area contributed by atoms with E-state index in [0.29, 0.717) is 5.91 Å². The molecule has 1 amide bonds. The molecule has 3 rings (SSSR count). The summed E-state index contributed by atoms with van der Waals surface area (Å²) in [6, 6.07) is 0.724. The lowest BCUT2D eigenvalue weighted by Gasteiger charge is -2.43. The van der Waals surface area contributed by atoms with Crippen molar-refractivity contribution in [3.05, 3.63) is 0 Å². The predicted octanol–water partition coefficient (Wildman–Crippen LogP) is 2.00. The van der Waals surface area contributed by atoms with Crippen LogP contribution in [0, 0.1) is 0 Å². The Balaban J connectivity index is 1.51. The van der Waals surface area contributed by atoms with E-state index in [0.717, 1.165) is 32.1 Å². The van der Waals surface area contributed by atoms with Crippen molar-refractivity contribution in [1.82, 2.24) is 15.1 Å². The van der Waals surface area contributed by atoms with Crippen molar-refractivity contribution in [2.45, 2.75) is 69.9 Å². The maximum Gasteiger partial charge on any atom is 0.242 e. The van der Waals surface area contributed by atoms with Gasteiger partial charge in [-0.2, -0.15) is 0 Å². The number of carbonyl (C=O) groups is 1. The zero-order valence-electron chi connectivity index (χ0n) is 13.6. The summed E-state index contributed by atoms with van der Waals surface area (Å²) in [7, 11) is 0. The third kappa shape index (κ3) is 3.42. The summed E-state index contributed by atoms with van der Waals surface area (Å²) in [4.78, 5) is 17.6. The monoisotopic (exact) mass is 293 g/mol. The van der Waals surface area contributed by atoms with E-state index in [4.69, 9.17) is 0 Å². The molecule has 1 atom stereocenters. The topological polar surface area (TPSA) is 35.6 Å². The van der Waals surface area contributed by atoms with E-state index in [9.17, 15) is 4.79 Å². The molecule has 3 saturated heterocycles. The number of hydrogen-bond donors (Lipinski definition) is 1. The van der Waals surface area contributed by atoms with Crippen LogP contribution in [-0.4, -0.2) is 60.0 Å². The largest absolute Gasteiger partial charge is 0.341 e. The molecule has 0 aromatic carbocycles. The van der Waals surface area contributed by atoms with E-state index in [2.05, 4.69) is 22.0 Å². The summed E-state index contributed by atoms with van der Waals surface area (Å²) in [5.41, 5.74) is -0.295. The van der Waals surface area contributed by atoms with E-state index >= 15 is 0 Å². The minimum absolute atomic E-state index is 0.295. The summed E-state index contributed by atoms with van der Waals surface area (Å²) in [6.45, 7) is 7.56. The summed E-state index contributed by atoms with van der Waals surface area (Å²) < 4.78 is 0. The first kappa shape index (κ1) is 15.3. The number of likely N-dealkylation sites (tertiary alicyclic amines) is 2. The zero-order valence-corrected chi connectivity index (χ0v) is 13.6. The maximum absolute atomic E-state index is 12.8. The Bertz CT molecular complexity index is 351. The van der Waals surface area contributed by atoms with E-state index in [-0.39, 0.29) is 5.54 Å². The number of nitrogens with one attached hydrogen (secondary N) is 1. The van der Waals surface area contributed by atoms with Crippen LogP contribution in [0.5, 0.6) is 0 Å². The molecule has 3 aliphatic rings. The fourth-order valence-electron chi connectivity index (χ4n) is 4.31. The van der Waals surface area contributed by atoms with Crippen LogP contribution in [0.3, 0.4) is 0 Å². The molecular formula is C17H31N3O. The van der Waals surface area contributed by atoms with Gasteiger partial charge in [0.1, 0.15) is 0 Å². The average Bonchev–Trinajstić information content (AvgIpc) is 2.56. The molecule has 0 aromatic rings.